The summed E-state index contributed by atoms with van der Waals surface area (Å²) in [6.07, 6.45) is -0.247. The van der Waals surface area contributed by atoms with Crippen LogP contribution in [-0.4, -0.2) is 32.5 Å². The number of carboxylic acids is 1. The van der Waals surface area contributed by atoms with Crippen LogP contribution in [0.1, 0.15) is 30.0 Å². The fourth-order valence-corrected chi connectivity index (χ4v) is 4.27. The van der Waals surface area contributed by atoms with Gasteiger partial charge in [0.15, 0.2) is 11.5 Å². The second-order valence-corrected chi connectivity index (χ2v) is 7.56. The number of aliphatic hydroxyl groups excluding tert-OH is 1. The summed E-state index contributed by atoms with van der Waals surface area (Å²) in [5.74, 6) is -0.852. The first-order valence-corrected chi connectivity index (χ1v) is 9.64. The Balaban J connectivity index is 0.00000245. The molecule has 0 fully saturated rings. The van der Waals surface area contributed by atoms with Gasteiger partial charge in [0, 0.05) is 28.1 Å². The number of rotatable bonds is 4. The number of fused-ring (bicyclic) bond motifs is 5. The number of carboxylic acid groups (broad SMARTS) is 1. The molecular formula is C21H18N3NaO7. The third-order valence-corrected chi connectivity index (χ3v) is 6.00. The molecule has 32 heavy (non-hydrogen) atoms. The molecule has 2 aromatic heterocycles. The van der Waals surface area contributed by atoms with Gasteiger partial charge in [-0.3, -0.25) is 4.79 Å². The molecule has 11 heteroatoms. The molecule has 0 radical (unpaired) electrons. The van der Waals surface area contributed by atoms with E-state index in [2.05, 4.69) is 4.98 Å². The number of anilines is 1. The number of aliphatic hydroxyl groups is 2. The Kier molecular flexibility index (Phi) is 5.46. The van der Waals surface area contributed by atoms with Crippen molar-refractivity contribution in [1.82, 2.24) is 9.55 Å². The predicted octanol–water partition coefficient (Wildman–Crippen LogP) is -3.42. The number of aliphatic carboxylic acids is 1. The number of hydrogen-bond acceptors (Lipinski definition) is 9. The van der Waals surface area contributed by atoms with E-state index in [1.165, 1.54) is 17.6 Å². The average Bonchev–Trinajstić information content (AvgIpc) is 3.36. The summed E-state index contributed by atoms with van der Waals surface area (Å²) in [5.41, 5.74) is 5.15. The molecule has 10 nitrogen and oxygen atoms in total. The summed E-state index contributed by atoms with van der Waals surface area (Å²) in [4.78, 5) is 29.4. The fourth-order valence-electron chi connectivity index (χ4n) is 4.27. The molecule has 0 saturated carbocycles. The van der Waals surface area contributed by atoms with E-state index in [9.17, 15) is 24.9 Å². The molecule has 160 valence electrons. The van der Waals surface area contributed by atoms with Crippen LogP contribution in [0.25, 0.3) is 22.3 Å². The molecule has 0 bridgehead atoms. The second-order valence-electron chi connectivity index (χ2n) is 7.56. The van der Waals surface area contributed by atoms with Gasteiger partial charge in [0.05, 0.1) is 41.7 Å². The van der Waals surface area contributed by atoms with Crippen LogP contribution in [-0.2, 0) is 23.5 Å². The Morgan fingerprint density at radius 1 is 1.34 bits per heavy atom. The van der Waals surface area contributed by atoms with Gasteiger partial charge in [-0.1, -0.05) is 6.92 Å². The molecule has 0 unspecified atom stereocenters. The van der Waals surface area contributed by atoms with Gasteiger partial charge in [0.1, 0.15) is 5.60 Å². The number of benzene rings is 1. The summed E-state index contributed by atoms with van der Waals surface area (Å²) in [6, 6.07) is 4.86. The Labute approximate surface area is 203 Å². The number of carbonyl (C=O) groups excluding carboxylic acids is 1. The first-order valence-electron chi connectivity index (χ1n) is 9.64. The van der Waals surface area contributed by atoms with Gasteiger partial charge in [-0.2, -0.15) is 0 Å². The summed E-state index contributed by atoms with van der Waals surface area (Å²) >= 11 is 0. The molecule has 2 aliphatic rings. The molecule has 3 aromatic rings. The van der Waals surface area contributed by atoms with Gasteiger partial charge >= 0.3 is 29.6 Å². The fraction of sp³-hybridized carbons (Fsp3) is 0.286. The van der Waals surface area contributed by atoms with Crippen LogP contribution >= 0.6 is 0 Å². The Morgan fingerprint density at radius 3 is 2.75 bits per heavy atom. The van der Waals surface area contributed by atoms with Gasteiger partial charge in [0.2, 0.25) is 6.79 Å². The van der Waals surface area contributed by atoms with Gasteiger partial charge in [-0.15, -0.1) is 0 Å². The van der Waals surface area contributed by atoms with E-state index < -0.39 is 23.7 Å². The maximum absolute atomic E-state index is 13.1. The molecule has 2 aliphatic heterocycles. The zero-order valence-corrected chi connectivity index (χ0v) is 19.5. The summed E-state index contributed by atoms with van der Waals surface area (Å²) in [5, 5.41) is 32.8. The van der Waals surface area contributed by atoms with Crippen LogP contribution in [0.2, 0.25) is 0 Å². The SMILES string of the molecule is CC[C@](O)(C(=O)[O-])c1cc2n(c(=O)c1CO)Cc1cc3c(N)c4c(cc3nc1-2)OCO4.[Na+]. The molecule has 0 amide bonds. The number of nitrogen functional groups attached to an aromatic ring is 1. The monoisotopic (exact) mass is 447 g/mol. The van der Waals surface area contributed by atoms with Crippen LogP contribution < -0.4 is 55.4 Å². The minimum absolute atomic E-state index is 0. The molecule has 4 heterocycles. The van der Waals surface area contributed by atoms with E-state index >= 15 is 0 Å². The molecule has 0 saturated heterocycles. The minimum Gasteiger partial charge on any atom is -0.547 e. The number of nitrogens with two attached hydrogens (primary N) is 1. The zero-order valence-electron chi connectivity index (χ0n) is 17.5. The smallest absolute Gasteiger partial charge is 0.547 e. The number of hydrogen-bond donors (Lipinski definition) is 3. The summed E-state index contributed by atoms with van der Waals surface area (Å²) < 4.78 is 12.2. The quantitative estimate of drug-likeness (QED) is 0.214. The largest absolute Gasteiger partial charge is 1.00 e. The van der Waals surface area contributed by atoms with Crippen molar-refractivity contribution in [1.29, 1.82) is 0 Å². The molecule has 0 spiro atoms. The second kappa shape index (κ2) is 7.75. The van der Waals surface area contributed by atoms with Crippen molar-refractivity contribution in [3.63, 3.8) is 0 Å². The number of aromatic nitrogens is 2. The third kappa shape index (κ3) is 2.95. The van der Waals surface area contributed by atoms with E-state index in [0.717, 1.165) is 0 Å². The van der Waals surface area contributed by atoms with Crippen molar-refractivity contribution >= 4 is 22.6 Å². The Bertz CT molecular complexity index is 1350. The molecule has 5 rings (SSSR count). The van der Waals surface area contributed by atoms with Crippen LogP contribution in [0.4, 0.5) is 5.69 Å². The summed E-state index contributed by atoms with van der Waals surface area (Å²) in [7, 11) is 0. The molecular weight excluding hydrogens is 429 g/mol. The van der Waals surface area contributed by atoms with E-state index in [1.807, 2.05) is 0 Å². The Morgan fingerprint density at radius 2 is 2.09 bits per heavy atom. The minimum atomic E-state index is -2.43. The van der Waals surface area contributed by atoms with Gasteiger partial charge < -0.3 is 39.9 Å². The van der Waals surface area contributed by atoms with E-state index in [0.29, 0.717) is 45.0 Å². The topological polar surface area (TPSA) is 160 Å². The first kappa shape index (κ1) is 22.6. The van der Waals surface area contributed by atoms with Crippen molar-refractivity contribution in [2.75, 3.05) is 12.5 Å². The van der Waals surface area contributed by atoms with Gasteiger partial charge in [0.25, 0.3) is 5.56 Å². The standard InChI is InChI=1S/C21H19N3O7.Na/c1-2-21(29,20(27)28)12-4-14-17-9(6-24(14)19(26)11(12)7-25)3-10-13(23-17)5-15-18(16(10)22)31-8-30-15;/h3-5,25,29H,2,6-8,22H2,1H3,(H,27,28);/q;+1/p-1/t21-;/m1./s1. The van der Waals surface area contributed by atoms with Crippen molar-refractivity contribution in [3.05, 3.63) is 45.2 Å². The molecule has 1 atom stereocenters. The Hall–Kier alpha value is -2.63. The van der Waals surface area contributed by atoms with Crippen LogP contribution in [0.15, 0.2) is 23.0 Å². The molecule has 1 aromatic carbocycles. The van der Waals surface area contributed by atoms with Gasteiger partial charge in [-0.05, 0) is 18.6 Å². The van der Waals surface area contributed by atoms with Crippen molar-refractivity contribution < 1.29 is 59.1 Å². The van der Waals surface area contributed by atoms with Crippen molar-refractivity contribution in [2.45, 2.75) is 32.1 Å². The number of ether oxygens (including phenoxy) is 2. The number of pyridine rings is 2. The summed E-state index contributed by atoms with van der Waals surface area (Å²) in [6.45, 7) is 0.931. The van der Waals surface area contributed by atoms with Crippen LogP contribution in [0.5, 0.6) is 11.5 Å². The normalized spacial score (nSPS) is 15.1. The third-order valence-electron chi connectivity index (χ3n) is 6.00. The van der Waals surface area contributed by atoms with Crippen molar-refractivity contribution in [3.8, 4) is 22.9 Å². The maximum atomic E-state index is 13.1. The van der Waals surface area contributed by atoms with Crippen LogP contribution in [0.3, 0.4) is 0 Å². The van der Waals surface area contributed by atoms with Gasteiger partial charge in [-0.25, -0.2) is 4.98 Å². The average molecular weight is 447 g/mol. The van der Waals surface area contributed by atoms with Crippen LogP contribution in [0, 0.1) is 0 Å². The van der Waals surface area contributed by atoms with E-state index in [-0.39, 0.29) is 60.4 Å². The molecule has 0 aliphatic carbocycles. The van der Waals surface area contributed by atoms with Crippen molar-refractivity contribution in [2.24, 2.45) is 0 Å². The molecule has 4 N–H and O–H groups in total. The van der Waals surface area contributed by atoms with E-state index in [1.54, 1.807) is 12.1 Å². The predicted molar refractivity (Wildman–Crippen MR) is 106 cm³/mol. The first-order chi connectivity index (χ1) is 14.8. The number of nitrogens with zero attached hydrogens (tertiary/aromatic N) is 2. The zero-order chi connectivity index (χ0) is 22.1. The number of carbonyl (C=O) groups is 1. The van der Waals surface area contributed by atoms with E-state index in [4.69, 9.17) is 15.2 Å². The maximum Gasteiger partial charge on any atom is 1.00 e.